The van der Waals surface area contributed by atoms with Crippen LogP contribution in [0.3, 0.4) is 0 Å². The van der Waals surface area contributed by atoms with Crippen molar-refractivity contribution in [2.45, 2.75) is 64.2 Å². The summed E-state index contributed by atoms with van der Waals surface area (Å²) in [6.45, 7) is 0. The number of allylic oxidation sites excluding steroid dienone is 8. The number of hydrogen-bond donors (Lipinski definition) is 2. The molecule has 2 atom stereocenters. The minimum Gasteiger partial charge on any atom is -0.507 e. The van der Waals surface area contributed by atoms with Crippen LogP contribution >= 0.6 is 0 Å². The molecule has 0 heterocycles. The molecule has 3 heteroatoms. The number of fused-ring (bicyclic) bond motifs is 2. The summed E-state index contributed by atoms with van der Waals surface area (Å²) in [4.78, 5) is 0. The van der Waals surface area contributed by atoms with Gasteiger partial charge in [0.1, 0.15) is 11.5 Å². The van der Waals surface area contributed by atoms with E-state index in [4.69, 9.17) is 0 Å². The van der Waals surface area contributed by atoms with Crippen LogP contribution in [-0.4, -0.2) is 10.2 Å². The van der Waals surface area contributed by atoms with E-state index in [1.165, 1.54) is 64.2 Å². The van der Waals surface area contributed by atoms with E-state index in [0.717, 1.165) is 33.4 Å². The van der Waals surface area contributed by atoms with Crippen molar-refractivity contribution < 1.29 is 31.9 Å². The van der Waals surface area contributed by atoms with Crippen molar-refractivity contribution in [3.05, 3.63) is 119 Å². The van der Waals surface area contributed by atoms with E-state index in [0.29, 0.717) is 11.1 Å². The third-order valence-electron chi connectivity index (χ3n) is 9.92. The third kappa shape index (κ3) is 5.93. The van der Waals surface area contributed by atoms with Crippen molar-refractivity contribution in [3.63, 3.8) is 0 Å². The van der Waals surface area contributed by atoms with E-state index >= 15 is 0 Å². The molecule has 0 saturated carbocycles. The van der Waals surface area contributed by atoms with E-state index in [1.807, 2.05) is 60.7 Å². The molecule has 43 heavy (non-hydrogen) atoms. The van der Waals surface area contributed by atoms with E-state index in [-0.39, 0.29) is 33.2 Å². The molecule has 216 valence electrons. The van der Waals surface area contributed by atoms with Crippen molar-refractivity contribution >= 4 is 21.5 Å². The molecule has 4 aromatic carbocycles. The molecule has 0 spiro atoms. The maximum absolute atomic E-state index is 10.4. The van der Waals surface area contributed by atoms with E-state index in [9.17, 15) is 10.2 Å². The third-order valence-corrected chi connectivity index (χ3v) is 9.92. The van der Waals surface area contributed by atoms with Gasteiger partial charge in [0.2, 0.25) is 0 Å². The summed E-state index contributed by atoms with van der Waals surface area (Å²) in [6, 6.07) is 22.9. The number of benzene rings is 4. The number of phenolic OH excluding ortho intramolecular Hbond substituents is 2. The smallest absolute Gasteiger partial charge is 0.124 e. The summed E-state index contributed by atoms with van der Waals surface area (Å²) in [5, 5.41) is 24.8. The van der Waals surface area contributed by atoms with Gasteiger partial charge in [-0.15, -0.1) is 0 Å². The quantitative estimate of drug-likeness (QED) is 0.229. The monoisotopic (exact) mass is 600 g/mol. The first kappa shape index (κ1) is 29.7. The summed E-state index contributed by atoms with van der Waals surface area (Å²) in [6.07, 6.45) is 23.8. The Bertz CT molecular complexity index is 1640. The minimum atomic E-state index is 0. The molecule has 0 saturated heterocycles. The Morgan fingerprint density at radius 1 is 0.512 bits per heavy atom. The fraction of sp³-hybridized carbons (Fsp3) is 0.300. The largest absolute Gasteiger partial charge is 0.507 e. The number of rotatable bonds is 4. The van der Waals surface area contributed by atoms with Crippen LogP contribution in [0.1, 0.15) is 64.2 Å². The molecule has 0 aromatic heterocycles. The minimum absolute atomic E-state index is 0. The van der Waals surface area contributed by atoms with Crippen LogP contribution in [0.5, 0.6) is 11.5 Å². The van der Waals surface area contributed by atoms with Crippen LogP contribution in [0.4, 0.5) is 0 Å². The normalized spacial score (nSPS) is 20.6. The van der Waals surface area contributed by atoms with Crippen molar-refractivity contribution in [1.82, 2.24) is 0 Å². The molecular weight excluding hydrogens is 560 g/mol. The summed E-state index contributed by atoms with van der Waals surface area (Å²) in [5.41, 5.74) is 8.34. The van der Waals surface area contributed by atoms with Crippen molar-refractivity contribution in [2.75, 3.05) is 0 Å². The van der Waals surface area contributed by atoms with Crippen LogP contribution in [0.25, 0.3) is 32.7 Å². The van der Waals surface area contributed by atoms with Crippen molar-refractivity contribution in [1.29, 1.82) is 0 Å². The second kappa shape index (κ2) is 13.1. The topological polar surface area (TPSA) is 40.5 Å². The Kier molecular flexibility index (Phi) is 9.07. The maximum atomic E-state index is 10.4. The molecule has 4 aliphatic rings. The zero-order valence-electron chi connectivity index (χ0n) is 24.9. The molecule has 0 aliphatic heterocycles. The molecule has 4 aromatic rings. The van der Waals surface area contributed by atoms with Gasteiger partial charge in [0.15, 0.2) is 0 Å². The fourth-order valence-electron chi connectivity index (χ4n) is 7.77. The number of phenols is 2. The van der Waals surface area contributed by atoms with Crippen LogP contribution in [-0.2, 0) is 21.7 Å². The van der Waals surface area contributed by atoms with E-state index in [2.05, 4.69) is 24.3 Å². The molecule has 8 rings (SSSR count). The molecule has 4 aliphatic carbocycles. The molecule has 2 nitrogen and oxygen atoms in total. The maximum Gasteiger partial charge on any atom is 0.124 e. The zero-order chi connectivity index (χ0) is 28.5. The number of aromatic hydroxyl groups is 2. The number of hydrogen-bond acceptors (Lipinski definition) is 2. The Balaban J connectivity index is 0.000000150. The average molecular weight is 601 g/mol. The van der Waals surface area contributed by atoms with Gasteiger partial charge in [-0.3, -0.25) is 0 Å². The van der Waals surface area contributed by atoms with Gasteiger partial charge in [0, 0.05) is 32.8 Å². The first-order valence-electron chi connectivity index (χ1n) is 15.9. The standard InChI is InChI=1S/C20H14O2.C20H26.Ti/c21-17-11-9-13-5-1-3-7-15(13)19(17)20-16-8-4-2-6-14(16)10-12-18(20)22;1-3-7-19-15(5-1)9-11-17(19)13-14-18-12-10-16-6-2-4-8-20(16)18;/h1-12,21-22H;9-12,17-18H,1-8,13-14H2;/t;17-,18?;/m.1./s1. The summed E-state index contributed by atoms with van der Waals surface area (Å²) < 4.78 is 0. The summed E-state index contributed by atoms with van der Waals surface area (Å²) in [5.74, 6) is 1.91. The van der Waals surface area contributed by atoms with E-state index < -0.39 is 0 Å². The van der Waals surface area contributed by atoms with Gasteiger partial charge < -0.3 is 10.2 Å². The Labute approximate surface area is 270 Å². The van der Waals surface area contributed by atoms with Crippen molar-refractivity contribution in [3.8, 4) is 22.6 Å². The van der Waals surface area contributed by atoms with Gasteiger partial charge >= 0.3 is 0 Å². The zero-order valence-corrected chi connectivity index (χ0v) is 26.4. The van der Waals surface area contributed by atoms with Crippen molar-refractivity contribution in [2.24, 2.45) is 11.8 Å². The first-order valence-corrected chi connectivity index (χ1v) is 15.9. The van der Waals surface area contributed by atoms with Crippen LogP contribution in [0.2, 0.25) is 0 Å². The Morgan fingerprint density at radius 2 is 0.930 bits per heavy atom. The van der Waals surface area contributed by atoms with Gasteiger partial charge in [0.05, 0.1) is 0 Å². The second-order valence-electron chi connectivity index (χ2n) is 12.4. The molecule has 0 bridgehead atoms. The second-order valence-corrected chi connectivity index (χ2v) is 12.4. The van der Waals surface area contributed by atoms with Crippen LogP contribution in [0.15, 0.2) is 119 Å². The van der Waals surface area contributed by atoms with E-state index in [1.54, 1.807) is 34.4 Å². The molecule has 0 amide bonds. The first-order chi connectivity index (χ1) is 20.7. The average Bonchev–Trinajstić information content (AvgIpc) is 3.65. The molecule has 1 unspecified atom stereocenters. The molecule has 0 radical (unpaired) electrons. The fourth-order valence-corrected chi connectivity index (χ4v) is 7.77. The predicted octanol–water partition coefficient (Wildman–Crippen LogP) is 10.9. The molecule has 2 N–H and O–H groups in total. The van der Waals surface area contributed by atoms with Gasteiger partial charge in [0.25, 0.3) is 0 Å². The van der Waals surface area contributed by atoms with Gasteiger partial charge in [-0.1, -0.05) is 96.1 Å². The van der Waals surface area contributed by atoms with Gasteiger partial charge in [-0.25, -0.2) is 0 Å². The Morgan fingerprint density at radius 3 is 1.40 bits per heavy atom. The van der Waals surface area contributed by atoms with Crippen LogP contribution in [0, 0.1) is 11.8 Å². The molecule has 0 fully saturated rings. The Hall–Kier alpha value is -3.33. The summed E-state index contributed by atoms with van der Waals surface area (Å²) in [7, 11) is 0. The predicted molar refractivity (Wildman–Crippen MR) is 176 cm³/mol. The SMILES string of the molecule is C1=CC(CC[C@H]2C=CC3=C2CCCC3)C2=C1CCCC2.Oc1ccc2ccccc2c1-c1c(O)ccc2ccccc12.[Ti]. The summed E-state index contributed by atoms with van der Waals surface area (Å²) >= 11 is 0. The molecular formula is C40H40O2Ti. The van der Waals surface area contributed by atoms with Crippen LogP contribution < -0.4 is 0 Å². The van der Waals surface area contributed by atoms with Gasteiger partial charge in [-0.05, 0) is 121 Å². The van der Waals surface area contributed by atoms with Gasteiger partial charge in [-0.2, -0.15) is 0 Å².